The number of rotatable bonds is 8. The molecule has 0 radical (unpaired) electrons. The van der Waals surface area contributed by atoms with Crippen molar-refractivity contribution in [2.24, 2.45) is 0 Å². The van der Waals surface area contributed by atoms with Gasteiger partial charge in [0.2, 0.25) is 5.91 Å². The summed E-state index contributed by atoms with van der Waals surface area (Å²) in [6.45, 7) is 3.45. The normalized spacial score (nSPS) is 18.4. The van der Waals surface area contributed by atoms with Crippen LogP contribution in [0.5, 0.6) is 0 Å². The van der Waals surface area contributed by atoms with Crippen LogP contribution in [0.3, 0.4) is 0 Å². The number of cyclic esters (lactones) is 1. The van der Waals surface area contributed by atoms with Gasteiger partial charge in [-0.1, -0.05) is 5.21 Å². The molecule has 2 aliphatic rings. The number of amides is 3. The van der Waals surface area contributed by atoms with Gasteiger partial charge in [0.05, 0.1) is 49.9 Å². The molecule has 2 saturated heterocycles. The molecule has 35 heavy (non-hydrogen) atoms. The monoisotopic (exact) mass is 490 g/mol. The van der Waals surface area contributed by atoms with Crippen molar-refractivity contribution in [1.82, 2.24) is 31.1 Å². The predicted octanol–water partition coefficient (Wildman–Crippen LogP) is -0.225. The van der Waals surface area contributed by atoms with E-state index in [1.807, 2.05) is 0 Å². The first-order valence-corrected chi connectivity index (χ1v) is 11.2. The Morgan fingerprint density at radius 3 is 2.89 bits per heavy atom. The molecule has 3 heterocycles. The zero-order chi connectivity index (χ0) is 24.8. The second-order valence-corrected chi connectivity index (χ2v) is 8.07. The van der Waals surface area contributed by atoms with Gasteiger partial charge >= 0.3 is 6.09 Å². The molecule has 1 aromatic heterocycles. The number of nitrogens with one attached hydrogen (secondary N) is 3. The quantitative estimate of drug-likeness (QED) is 0.457. The van der Waals surface area contributed by atoms with Crippen molar-refractivity contribution in [2.45, 2.75) is 19.6 Å². The Balaban J connectivity index is 1.31. The number of hydroxylamine groups is 2. The van der Waals surface area contributed by atoms with Gasteiger partial charge in [-0.05, 0) is 18.2 Å². The average molecular weight is 490 g/mol. The number of aromatic nitrogens is 3. The summed E-state index contributed by atoms with van der Waals surface area (Å²) in [5, 5.41) is 16.9. The van der Waals surface area contributed by atoms with Crippen LogP contribution >= 0.6 is 0 Å². The number of carbonyl (C=O) groups is 3. The molecule has 0 unspecified atom stereocenters. The highest BCUT2D eigenvalue weighted by Gasteiger charge is 2.33. The average Bonchev–Trinajstić information content (AvgIpc) is 3.40. The Morgan fingerprint density at radius 1 is 1.29 bits per heavy atom. The van der Waals surface area contributed by atoms with Crippen molar-refractivity contribution in [3.8, 4) is 0 Å². The standard InChI is InChI=1S/C21H27FN8O5/c1-14(31)24-11-17-13-29(21(33)35-17)16-2-3-19(18(22)8-16)28-4-5-30(34-7-6-28)20(32)12-23-9-15-10-25-27-26-15/h2-3,8,10,17,23H,4-7,9,11-13H2,1H3,(H,24,31)(H,25,26,27)/t17-/m0/s1. The van der Waals surface area contributed by atoms with Gasteiger partial charge in [-0.2, -0.15) is 0 Å². The van der Waals surface area contributed by atoms with E-state index in [4.69, 9.17) is 9.57 Å². The number of aromatic amines is 1. The van der Waals surface area contributed by atoms with Crippen molar-refractivity contribution in [1.29, 1.82) is 0 Å². The fourth-order valence-electron chi connectivity index (χ4n) is 3.80. The van der Waals surface area contributed by atoms with Crippen LogP contribution in [0.15, 0.2) is 24.4 Å². The molecule has 1 aromatic carbocycles. The van der Waals surface area contributed by atoms with E-state index >= 15 is 4.39 Å². The zero-order valence-corrected chi connectivity index (χ0v) is 19.2. The van der Waals surface area contributed by atoms with Crippen molar-refractivity contribution in [2.75, 3.05) is 55.7 Å². The maximum Gasteiger partial charge on any atom is 0.414 e. The van der Waals surface area contributed by atoms with Gasteiger partial charge < -0.3 is 20.3 Å². The third-order valence-corrected chi connectivity index (χ3v) is 5.55. The first-order chi connectivity index (χ1) is 16.9. The van der Waals surface area contributed by atoms with E-state index in [1.54, 1.807) is 23.2 Å². The van der Waals surface area contributed by atoms with Gasteiger partial charge in [0.15, 0.2) is 0 Å². The maximum absolute atomic E-state index is 15.0. The topological polar surface area (TPSA) is 145 Å². The fourth-order valence-corrected chi connectivity index (χ4v) is 3.80. The molecule has 0 aliphatic carbocycles. The lowest BCUT2D eigenvalue weighted by Crippen LogP contribution is -2.39. The summed E-state index contributed by atoms with van der Waals surface area (Å²) < 4.78 is 20.3. The van der Waals surface area contributed by atoms with Crippen LogP contribution in [0.25, 0.3) is 0 Å². The third kappa shape index (κ3) is 6.22. The fraction of sp³-hybridized carbons (Fsp3) is 0.476. The highest BCUT2D eigenvalue weighted by atomic mass is 19.1. The van der Waals surface area contributed by atoms with Crippen molar-refractivity contribution in [3.05, 3.63) is 35.9 Å². The number of carbonyl (C=O) groups excluding carboxylic acids is 3. The first kappa shape index (κ1) is 24.3. The van der Waals surface area contributed by atoms with Gasteiger partial charge in [0.25, 0.3) is 5.91 Å². The number of ether oxygens (including phenoxy) is 1. The molecule has 4 rings (SSSR count). The summed E-state index contributed by atoms with van der Waals surface area (Å²) in [6, 6.07) is 4.51. The lowest BCUT2D eigenvalue weighted by atomic mass is 10.2. The molecule has 2 fully saturated rings. The number of halogens is 1. The molecular weight excluding hydrogens is 463 g/mol. The Morgan fingerprint density at radius 2 is 2.14 bits per heavy atom. The highest BCUT2D eigenvalue weighted by Crippen LogP contribution is 2.28. The molecular formula is C21H27FN8O5. The van der Waals surface area contributed by atoms with E-state index in [0.29, 0.717) is 36.7 Å². The minimum atomic E-state index is -0.595. The smallest absolute Gasteiger partial charge is 0.414 e. The van der Waals surface area contributed by atoms with E-state index in [2.05, 4.69) is 26.0 Å². The molecule has 3 amide bonds. The highest BCUT2D eigenvalue weighted by molar-refractivity contribution is 5.90. The summed E-state index contributed by atoms with van der Waals surface area (Å²) >= 11 is 0. The van der Waals surface area contributed by atoms with Crippen molar-refractivity contribution >= 4 is 29.3 Å². The van der Waals surface area contributed by atoms with Gasteiger partial charge in [-0.3, -0.25) is 24.4 Å². The van der Waals surface area contributed by atoms with Gasteiger partial charge in [0.1, 0.15) is 11.9 Å². The second kappa shape index (κ2) is 11.1. The summed E-state index contributed by atoms with van der Waals surface area (Å²) in [6.07, 6.45) is 0.529. The Kier molecular flexibility index (Phi) is 7.72. The van der Waals surface area contributed by atoms with Gasteiger partial charge in [0, 0.05) is 32.8 Å². The molecule has 2 aliphatic heterocycles. The lowest BCUT2D eigenvalue weighted by molar-refractivity contribution is -0.180. The minimum Gasteiger partial charge on any atom is -0.442 e. The molecule has 3 N–H and O–H groups in total. The molecule has 13 nitrogen and oxygen atoms in total. The largest absolute Gasteiger partial charge is 0.442 e. The minimum absolute atomic E-state index is 0.0603. The van der Waals surface area contributed by atoms with Crippen LogP contribution in [0.2, 0.25) is 0 Å². The van der Waals surface area contributed by atoms with E-state index in [0.717, 1.165) is 0 Å². The molecule has 0 bridgehead atoms. The van der Waals surface area contributed by atoms with Crippen LogP contribution in [0.4, 0.5) is 20.6 Å². The number of hydrogen-bond donors (Lipinski definition) is 3. The number of hydrogen-bond acceptors (Lipinski definition) is 9. The SMILES string of the molecule is CC(=O)NC[C@H]1CN(c2ccc(N3CCON(C(=O)CNCc4c[nH]nn4)CC3)c(F)c2)C(=O)O1. The maximum atomic E-state index is 15.0. The van der Waals surface area contributed by atoms with E-state index < -0.39 is 18.0 Å². The molecule has 188 valence electrons. The van der Waals surface area contributed by atoms with Crippen LogP contribution < -0.4 is 20.4 Å². The third-order valence-electron chi connectivity index (χ3n) is 5.55. The van der Waals surface area contributed by atoms with Gasteiger partial charge in [-0.25, -0.2) is 14.2 Å². The van der Waals surface area contributed by atoms with Crippen molar-refractivity contribution in [3.63, 3.8) is 0 Å². The molecule has 0 spiro atoms. The van der Waals surface area contributed by atoms with Crippen LogP contribution in [0, 0.1) is 5.82 Å². The zero-order valence-electron chi connectivity index (χ0n) is 19.2. The van der Waals surface area contributed by atoms with Crippen LogP contribution in [0.1, 0.15) is 12.6 Å². The van der Waals surface area contributed by atoms with E-state index in [9.17, 15) is 14.4 Å². The summed E-state index contributed by atoms with van der Waals surface area (Å²) in [5.74, 6) is -0.971. The second-order valence-electron chi connectivity index (χ2n) is 8.07. The first-order valence-electron chi connectivity index (χ1n) is 11.2. The summed E-state index contributed by atoms with van der Waals surface area (Å²) in [7, 11) is 0. The Bertz CT molecular complexity index is 1050. The molecule has 0 saturated carbocycles. The lowest BCUT2D eigenvalue weighted by Gasteiger charge is -2.24. The number of H-pyrrole nitrogens is 1. The summed E-state index contributed by atoms with van der Waals surface area (Å²) in [5.41, 5.74) is 1.39. The van der Waals surface area contributed by atoms with Gasteiger partial charge in [-0.15, -0.1) is 5.10 Å². The Labute approximate surface area is 200 Å². The number of anilines is 2. The van der Waals surface area contributed by atoms with Crippen molar-refractivity contribution < 1.29 is 28.3 Å². The molecule has 14 heteroatoms. The number of benzene rings is 1. The van der Waals surface area contributed by atoms with Crippen LogP contribution in [-0.4, -0.2) is 90.4 Å². The summed E-state index contributed by atoms with van der Waals surface area (Å²) in [4.78, 5) is 44.4. The number of nitrogens with zero attached hydrogens (tertiary/aromatic N) is 5. The van der Waals surface area contributed by atoms with E-state index in [-0.39, 0.29) is 44.6 Å². The Hall–Kier alpha value is -3.78. The predicted molar refractivity (Wildman–Crippen MR) is 121 cm³/mol. The van der Waals surface area contributed by atoms with E-state index in [1.165, 1.54) is 23.0 Å². The van der Waals surface area contributed by atoms with Crippen LogP contribution in [-0.2, 0) is 25.7 Å². The molecule has 2 aromatic rings. The molecule has 1 atom stereocenters.